The van der Waals surface area contributed by atoms with Gasteiger partial charge in [0.25, 0.3) is 0 Å². The molecule has 27 heavy (non-hydrogen) atoms. The molecular formula is C22H18BrNO3. The molecule has 0 amide bonds. The predicted octanol–water partition coefficient (Wildman–Crippen LogP) is 5.80. The van der Waals surface area contributed by atoms with Gasteiger partial charge < -0.3 is 14.7 Å². The van der Waals surface area contributed by atoms with Crippen molar-refractivity contribution < 1.29 is 14.7 Å². The Morgan fingerprint density at radius 3 is 2.56 bits per heavy atom. The zero-order chi connectivity index (χ0) is 19.0. The van der Waals surface area contributed by atoms with Crippen molar-refractivity contribution in [2.45, 2.75) is 13.0 Å². The Morgan fingerprint density at radius 1 is 1.07 bits per heavy atom. The van der Waals surface area contributed by atoms with Crippen molar-refractivity contribution in [1.82, 2.24) is 0 Å². The first-order valence-electron chi connectivity index (χ1n) is 8.56. The summed E-state index contributed by atoms with van der Waals surface area (Å²) in [5, 5.41) is 12.6. The molecular weight excluding hydrogens is 406 g/mol. The first-order chi connectivity index (χ1) is 13.2. The topological polar surface area (TPSA) is 51.0 Å². The summed E-state index contributed by atoms with van der Waals surface area (Å²) >= 11 is 3.73. The van der Waals surface area contributed by atoms with Crippen molar-refractivity contribution in [2.24, 2.45) is 5.16 Å². The standard InChI is InChI=1S/C22H18BrNO3/c1-13(24-25)15-11-12-16-19-17(26-2)9-6-10-18(19)27-22(20(16)21(15)23)14-7-4-3-5-8-14/h3-12,22,25H,1-2H3. The maximum absolute atomic E-state index is 9.26. The van der Waals surface area contributed by atoms with E-state index in [1.54, 1.807) is 14.0 Å². The van der Waals surface area contributed by atoms with Crippen molar-refractivity contribution in [3.63, 3.8) is 0 Å². The van der Waals surface area contributed by atoms with Crippen LogP contribution in [0.25, 0.3) is 11.1 Å². The molecule has 1 N–H and O–H groups in total. The molecule has 1 unspecified atom stereocenters. The Labute approximate surface area is 166 Å². The largest absolute Gasteiger partial charge is 0.496 e. The van der Waals surface area contributed by atoms with Crippen LogP contribution in [0.2, 0.25) is 0 Å². The molecule has 4 rings (SSSR count). The van der Waals surface area contributed by atoms with Gasteiger partial charge in [-0.15, -0.1) is 0 Å². The maximum Gasteiger partial charge on any atom is 0.151 e. The number of oxime groups is 1. The number of hydrogen-bond donors (Lipinski definition) is 1. The van der Waals surface area contributed by atoms with Crippen LogP contribution in [0.15, 0.2) is 70.3 Å². The molecule has 0 saturated heterocycles. The molecule has 0 aromatic heterocycles. The highest BCUT2D eigenvalue weighted by Gasteiger charge is 2.32. The summed E-state index contributed by atoms with van der Waals surface area (Å²) in [4.78, 5) is 0. The molecule has 0 fully saturated rings. The molecule has 1 heterocycles. The van der Waals surface area contributed by atoms with Gasteiger partial charge in [0.1, 0.15) is 11.5 Å². The number of nitrogens with zero attached hydrogens (tertiary/aromatic N) is 1. The van der Waals surface area contributed by atoms with Crippen LogP contribution < -0.4 is 9.47 Å². The van der Waals surface area contributed by atoms with Gasteiger partial charge in [-0.25, -0.2) is 0 Å². The van der Waals surface area contributed by atoms with Crippen molar-refractivity contribution in [1.29, 1.82) is 0 Å². The van der Waals surface area contributed by atoms with Crippen LogP contribution >= 0.6 is 15.9 Å². The SMILES string of the molecule is COc1cccc2c1-c1ccc(C(C)=NO)c(Br)c1C(c1ccccc1)O2. The fourth-order valence-electron chi connectivity index (χ4n) is 3.49. The minimum atomic E-state index is -0.290. The molecule has 0 bridgehead atoms. The van der Waals surface area contributed by atoms with Gasteiger partial charge >= 0.3 is 0 Å². The lowest BCUT2D eigenvalue weighted by Gasteiger charge is -2.31. The zero-order valence-corrected chi connectivity index (χ0v) is 16.5. The first kappa shape index (κ1) is 17.6. The number of fused-ring (bicyclic) bond motifs is 3. The number of methoxy groups -OCH3 is 1. The van der Waals surface area contributed by atoms with Crippen LogP contribution in [-0.2, 0) is 0 Å². The van der Waals surface area contributed by atoms with Crippen LogP contribution in [0, 0.1) is 0 Å². The van der Waals surface area contributed by atoms with E-state index >= 15 is 0 Å². The third-order valence-corrected chi connectivity index (χ3v) is 5.66. The summed E-state index contributed by atoms with van der Waals surface area (Å²) in [7, 11) is 1.66. The van der Waals surface area contributed by atoms with Gasteiger partial charge in [0.15, 0.2) is 6.10 Å². The highest BCUT2D eigenvalue weighted by molar-refractivity contribution is 9.10. The van der Waals surface area contributed by atoms with Crippen molar-refractivity contribution in [3.05, 3.63) is 81.8 Å². The van der Waals surface area contributed by atoms with E-state index < -0.39 is 0 Å². The van der Waals surface area contributed by atoms with Gasteiger partial charge in [0, 0.05) is 15.6 Å². The van der Waals surface area contributed by atoms with Gasteiger partial charge in [-0.3, -0.25) is 0 Å². The summed E-state index contributed by atoms with van der Waals surface area (Å²) in [6.45, 7) is 1.77. The second-order valence-corrected chi connectivity index (χ2v) is 7.11. The van der Waals surface area contributed by atoms with Crippen LogP contribution in [-0.4, -0.2) is 18.0 Å². The van der Waals surface area contributed by atoms with Gasteiger partial charge in [0.05, 0.1) is 18.4 Å². The molecule has 0 spiro atoms. The molecule has 5 heteroatoms. The average molecular weight is 424 g/mol. The Kier molecular flexibility index (Phi) is 4.62. The number of hydrogen-bond acceptors (Lipinski definition) is 4. The van der Waals surface area contributed by atoms with E-state index in [0.29, 0.717) is 5.71 Å². The number of rotatable bonds is 3. The van der Waals surface area contributed by atoms with E-state index in [-0.39, 0.29) is 6.10 Å². The van der Waals surface area contributed by atoms with Gasteiger partial charge in [-0.05, 0) is 46.1 Å². The first-order valence-corrected chi connectivity index (χ1v) is 9.35. The Morgan fingerprint density at radius 2 is 1.85 bits per heavy atom. The fourth-order valence-corrected chi connectivity index (χ4v) is 4.33. The smallest absolute Gasteiger partial charge is 0.151 e. The quantitative estimate of drug-likeness (QED) is 0.328. The van der Waals surface area contributed by atoms with E-state index in [1.807, 2.05) is 60.7 Å². The molecule has 1 aliphatic rings. The van der Waals surface area contributed by atoms with Gasteiger partial charge in [0.2, 0.25) is 0 Å². The van der Waals surface area contributed by atoms with Crippen molar-refractivity contribution >= 4 is 21.6 Å². The fraction of sp³-hybridized carbons (Fsp3) is 0.136. The molecule has 0 radical (unpaired) electrons. The Balaban J connectivity index is 2.03. The number of halogens is 1. The third kappa shape index (κ3) is 2.88. The predicted molar refractivity (Wildman–Crippen MR) is 109 cm³/mol. The highest BCUT2D eigenvalue weighted by Crippen LogP contribution is 2.51. The summed E-state index contributed by atoms with van der Waals surface area (Å²) in [5.41, 5.74) is 5.33. The molecule has 3 aromatic rings. The number of benzene rings is 3. The molecule has 1 atom stereocenters. The van der Waals surface area contributed by atoms with E-state index in [9.17, 15) is 5.21 Å². The van der Waals surface area contributed by atoms with E-state index in [1.165, 1.54) is 0 Å². The van der Waals surface area contributed by atoms with E-state index in [0.717, 1.165) is 43.8 Å². The third-order valence-electron chi connectivity index (χ3n) is 4.81. The molecule has 0 aliphatic carbocycles. The zero-order valence-electron chi connectivity index (χ0n) is 14.9. The van der Waals surface area contributed by atoms with E-state index in [2.05, 4.69) is 21.1 Å². The summed E-state index contributed by atoms with van der Waals surface area (Å²) in [6.07, 6.45) is -0.290. The van der Waals surface area contributed by atoms with Gasteiger partial charge in [-0.1, -0.05) is 53.7 Å². The van der Waals surface area contributed by atoms with Crippen LogP contribution in [0.5, 0.6) is 11.5 Å². The monoisotopic (exact) mass is 423 g/mol. The molecule has 3 aromatic carbocycles. The van der Waals surface area contributed by atoms with Crippen LogP contribution in [0.1, 0.15) is 29.7 Å². The number of ether oxygens (including phenoxy) is 2. The lowest BCUT2D eigenvalue weighted by molar-refractivity contribution is 0.241. The van der Waals surface area contributed by atoms with Crippen LogP contribution in [0.3, 0.4) is 0 Å². The molecule has 4 nitrogen and oxygen atoms in total. The molecule has 136 valence electrons. The van der Waals surface area contributed by atoms with Crippen molar-refractivity contribution in [2.75, 3.05) is 7.11 Å². The lowest BCUT2D eigenvalue weighted by Crippen LogP contribution is -2.18. The molecule has 0 saturated carbocycles. The summed E-state index contributed by atoms with van der Waals surface area (Å²) in [6, 6.07) is 19.9. The highest BCUT2D eigenvalue weighted by atomic mass is 79.9. The van der Waals surface area contributed by atoms with Crippen molar-refractivity contribution in [3.8, 4) is 22.6 Å². The second kappa shape index (κ2) is 7.08. The minimum Gasteiger partial charge on any atom is -0.496 e. The maximum atomic E-state index is 9.26. The molecule has 1 aliphatic heterocycles. The normalized spacial score (nSPS) is 15.5. The minimum absolute atomic E-state index is 0.290. The lowest BCUT2D eigenvalue weighted by atomic mass is 9.87. The Hall–Kier alpha value is -2.79. The second-order valence-electron chi connectivity index (χ2n) is 6.32. The average Bonchev–Trinajstić information content (AvgIpc) is 2.72. The van der Waals surface area contributed by atoms with E-state index in [4.69, 9.17) is 9.47 Å². The Bertz CT molecular complexity index is 1030. The summed E-state index contributed by atoms with van der Waals surface area (Å²) in [5.74, 6) is 1.54. The van der Waals surface area contributed by atoms with Gasteiger partial charge in [-0.2, -0.15) is 0 Å². The van der Waals surface area contributed by atoms with Crippen LogP contribution in [0.4, 0.5) is 0 Å². The summed E-state index contributed by atoms with van der Waals surface area (Å²) < 4.78 is 12.9.